The Labute approximate surface area is 107 Å². The highest BCUT2D eigenvalue weighted by molar-refractivity contribution is 5.37. The van der Waals surface area contributed by atoms with Crippen molar-refractivity contribution in [2.75, 3.05) is 0 Å². The van der Waals surface area contributed by atoms with E-state index >= 15 is 0 Å². The Kier molecular flexibility index (Phi) is 3.77. The molecule has 1 aromatic heterocycles. The van der Waals surface area contributed by atoms with Crippen molar-refractivity contribution in [3.8, 4) is 0 Å². The molecule has 96 valence electrons. The third-order valence-corrected chi connectivity index (χ3v) is 2.99. The van der Waals surface area contributed by atoms with Crippen LogP contribution < -0.4 is 5.32 Å². The van der Waals surface area contributed by atoms with Crippen LogP contribution in [0.1, 0.15) is 34.0 Å². The van der Waals surface area contributed by atoms with Gasteiger partial charge in [-0.1, -0.05) is 22.9 Å². The van der Waals surface area contributed by atoms with Gasteiger partial charge in [0.15, 0.2) is 5.82 Å². The molecule has 0 saturated heterocycles. The summed E-state index contributed by atoms with van der Waals surface area (Å²) in [5.74, 6) is 1.31. The summed E-state index contributed by atoms with van der Waals surface area (Å²) in [7, 11) is 0. The number of hydrogen-bond acceptors (Lipinski definition) is 4. The van der Waals surface area contributed by atoms with Crippen molar-refractivity contribution in [2.45, 2.75) is 40.8 Å². The van der Waals surface area contributed by atoms with E-state index in [0.717, 1.165) is 6.54 Å². The molecule has 0 spiro atoms. The average Bonchev–Trinajstić information content (AvgIpc) is 2.68. The van der Waals surface area contributed by atoms with Gasteiger partial charge in [-0.3, -0.25) is 0 Å². The summed E-state index contributed by atoms with van der Waals surface area (Å²) in [6, 6.07) is 4.42. The minimum atomic E-state index is 0.605. The molecule has 2 rings (SSSR count). The van der Waals surface area contributed by atoms with Crippen molar-refractivity contribution >= 4 is 0 Å². The maximum Gasteiger partial charge on any atom is 0.240 e. The molecule has 0 aliphatic heterocycles. The van der Waals surface area contributed by atoms with E-state index in [0.29, 0.717) is 18.3 Å². The largest absolute Gasteiger partial charge is 0.338 e. The summed E-state index contributed by atoms with van der Waals surface area (Å²) in [6.45, 7) is 9.66. The Morgan fingerprint density at radius 3 is 2.28 bits per heavy atom. The summed E-state index contributed by atoms with van der Waals surface area (Å²) in [4.78, 5) is 4.16. The fourth-order valence-corrected chi connectivity index (χ4v) is 2.20. The Hall–Kier alpha value is -1.68. The van der Waals surface area contributed by atoms with Crippen LogP contribution in [0.2, 0.25) is 0 Å². The van der Waals surface area contributed by atoms with Crippen molar-refractivity contribution in [1.29, 1.82) is 0 Å². The van der Waals surface area contributed by atoms with Gasteiger partial charge in [0.1, 0.15) is 0 Å². The van der Waals surface area contributed by atoms with Gasteiger partial charge in [0.25, 0.3) is 0 Å². The Balaban J connectivity index is 1.98. The molecule has 0 bridgehead atoms. The van der Waals surface area contributed by atoms with Gasteiger partial charge in [-0.2, -0.15) is 4.98 Å². The Morgan fingerprint density at radius 2 is 1.72 bits per heavy atom. The van der Waals surface area contributed by atoms with Gasteiger partial charge in [-0.05, 0) is 44.4 Å². The lowest BCUT2D eigenvalue weighted by Gasteiger charge is -2.11. The van der Waals surface area contributed by atoms with Crippen molar-refractivity contribution < 1.29 is 4.52 Å². The molecule has 1 heterocycles. The first-order valence-corrected chi connectivity index (χ1v) is 6.13. The molecule has 0 fully saturated rings. The quantitative estimate of drug-likeness (QED) is 0.899. The number of aryl methyl sites for hydroxylation is 4. The second kappa shape index (κ2) is 5.31. The first-order chi connectivity index (χ1) is 8.56. The van der Waals surface area contributed by atoms with Crippen LogP contribution in [-0.4, -0.2) is 10.1 Å². The smallest absolute Gasteiger partial charge is 0.240 e. The second-order valence-electron chi connectivity index (χ2n) is 4.72. The van der Waals surface area contributed by atoms with Crippen LogP contribution in [0.3, 0.4) is 0 Å². The van der Waals surface area contributed by atoms with Gasteiger partial charge in [-0.25, -0.2) is 0 Å². The Bertz CT molecular complexity index is 523. The lowest BCUT2D eigenvalue weighted by molar-refractivity contribution is 0.364. The predicted molar refractivity (Wildman–Crippen MR) is 70.2 cm³/mol. The first kappa shape index (κ1) is 12.8. The van der Waals surface area contributed by atoms with Gasteiger partial charge < -0.3 is 9.84 Å². The van der Waals surface area contributed by atoms with E-state index in [1.165, 1.54) is 22.3 Å². The molecule has 0 saturated carbocycles. The molecule has 0 amide bonds. The van der Waals surface area contributed by atoms with Gasteiger partial charge in [0.05, 0.1) is 6.54 Å². The highest BCUT2D eigenvalue weighted by Gasteiger charge is 2.05. The molecule has 0 aliphatic carbocycles. The van der Waals surface area contributed by atoms with Crippen molar-refractivity contribution in [3.05, 3.63) is 46.1 Å². The number of benzene rings is 1. The SMILES string of the molecule is Cc1cc(C)c(CNCc2nc(C)no2)c(C)c1. The summed E-state index contributed by atoms with van der Waals surface area (Å²) in [5.41, 5.74) is 5.29. The number of rotatable bonds is 4. The van der Waals surface area contributed by atoms with Crippen molar-refractivity contribution in [1.82, 2.24) is 15.5 Å². The summed E-state index contributed by atoms with van der Waals surface area (Å²) >= 11 is 0. The topological polar surface area (TPSA) is 51.0 Å². The van der Waals surface area contributed by atoms with E-state index in [1.54, 1.807) is 0 Å². The highest BCUT2D eigenvalue weighted by Crippen LogP contribution is 2.16. The summed E-state index contributed by atoms with van der Waals surface area (Å²) in [6.07, 6.45) is 0. The molecular weight excluding hydrogens is 226 g/mol. The molecule has 0 atom stereocenters. The molecular formula is C14H19N3O. The van der Waals surface area contributed by atoms with E-state index in [1.807, 2.05) is 6.92 Å². The lowest BCUT2D eigenvalue weighted by atomic mass is 10.00. The van der Waals surface area contributed by atoms with Gasteiger partial charge in [-0.15, -0.1) is 0 Å². The minimum Gasteiger partial charge on any atom is -0.338 e. The Morgan fingerprint density at radius 1 is 1.06 bits per heavy atom. The molecule has 18 heavy (non-hydrogen) atoms. The van der Waals surface area contributed by atoms with Gasteiger partial charge in [0, 0.05) is 6.54 Å². The van der Waals surface area contributed by atoms with Crippen LogP contribution in [0, 0.1) is 27.7 Å². The third kappa shape index (κ3) is 2.96. The fraction of sp³-hybridized carbons (Fsp3) is 0.429. The van der Waals surface area contributed by atoms with E-state index in [4.69, 9.17) is 4.52 Å². The van der Waals surface area contributed by atoms with Gasteiger partial charge in [0.2, 0.25) is 5.89 Å². The first-order valence-electron chi connectivity index (χ1n) is 6.13. The predicted octanol–water partition coefficient (Wildman–Crippen LogP) is 2.59. The van der Waals surface area contributed by atoms with Crippen LogP contribution in [-0.2, 0) is 13.1 Å². The molecule has 1 aromatic carbocycles. The molecule has 0 aliphatic rings. The van der Waals surface area contributed by atoms with E-state index < -0.39 is 0 Å². The second-order valence-corrected chi connectivity index (χ2v) is 4.72. The molecule has 0 unspecified atom stereocenters. The molecule has 4 heteroatoms. The maximum absolute atomic E-state index is 5.06. The van der Waals surface area contributed by atoms with Crippen LogP contribution in [0.4, 0.5) is 0 Å². The number of nitrogens with zero attached hydrogens (tertiary/aromatic N) is 2. The van der Waals surface area contributed by atoms with Crippen LogP contribution in [0.15, 0.2) is 16.7 Å². The van der Waals surface area contributed by atoms with Crippen LogP contribution in [0.25, 0.3) is 0 Å². The summed E-state index contributed by atoms with van der Waals surface area (Å²) in [5, 5.41) is 7.10. The molecule has 1 N–H and O–H groups in total. The summed E-state index contributed by atoms with van der Waals surface area (Å²) < 4.78 is 5.06. The molecule has 2 aromatic rings. The zero-order valence-corrected chi connectivity index (χ0v) is 11.4. The van der Waals surface area contributed by atoms with Crippen LogP contribution in [0.5, 0.6) is 0 Å². The van der Waals surface area contributed by atoms with E-state index in [9.17, 15) is 0 Å². The average molecular weight is 245 g/mol. The van der Waals surface area contributed by atoms with E-state index in [2.05, 4.69) is 48.4 Å². The number of nitrogens with one attached hydrogen (secondary N) is 1. The maximum atomic E-state index is 5.06. The van der Waals surface area contributed by atoms with Crippen LogP contribution >= 0.6 is 0 Å². The highest BCUT2D eigenvalue weighted by atomic mass is 16.5. The fourth-order valence-electron chi connectivity index (χ4n) is 2.20. The number of hydrogen-bond donors (Lipinski definition) is 1. The lowest BCUT2D eigenvalue weighted by Crippen LogP contribution is -2.15. The monoisotopic (exact) mass is 245 g/mol. The normalized spacial score (nSPS) is 10.9. The molecule has 0 radical (unpaired) electrons. The van der Waals surface area contributed by atoms with Gasteiger partial charge >= 0.3 is 0 Å². The minimum absolute atomic E-state index is 0.605. The van der Waals surface area contributed by atoms with E-state index in [-0.39, 0.29) is 0 Å². The van der Waals surface area contributed by atoms with Crippen molar-refractivity contribution in [2.24, 2.45) is 0 Å². The van der Waals surface area contributed by atoms with Crippen molar-refractivity contribution in [3.63, 3.8) is 0 Å². The molecule has 4 nitrogen and oxygen atoms in total. The standard InChI is InChI=1S/C14H19N3O/c1-9-5-10(2)13(11(3)6-9)7-15-8-14-16-12(4)17-18-14/h5-6,15H,7-8H2,1-4H3. The zero-order valence-electron chi connectivity index (χ0n) is 11.4. The zero-order chi connectivity index (χ0) is 13.1. The third-order valence-electron chi connectivity index (χ3n) is 2.99. The number of aromatic nitrogens is 2.